The minimum atomic E-state index is -0.229. The molecule has 1 N–H and O–H groups in total. The van der Waals surface area contributed by atoms with Crippen LogP contribution in [0.3, 0.4) is 0 Å². The number of thiol groups is 1. The average molecular weight is 257 g/mol. The Hall–Kier alpha value is -1.30. The summed E-state index contributed by atoms with van der Waals surface area (Å²) in [5.41, 5.74) is 0.821. The largest absolute Gasteiger partial charge is 0.466 e. The minimum Gasteiger partial charge on any atom is -0.466 e. The lowest BCUT2D eigenvalue weighted by atomic mass is 10.2. The first kappa shape index (κ1) is 15.7. The van der Waals surface area contributed by atoms with E-state index in [2.05, 4.69) is 32.7 Å². The number of anilines is 1. The second kappa shape index (κ2) is 7.89. The highest BCUT2D eigenvalue weighted by molar-refractivity contribution is 7.80. The smallest absolute Gasteiger partial charge is 0.293 e. The molecule has 0 aromatic carbocycles. The Morgan fingerprint density at radius 1 is 1.59 bits per heavy atom. The molecule has 1 aromatic heterocycles. The molecule has 1 rings (SSSR count). The highest BCUT2D eigenvalue weighted by atomic mass is 32.1. The first-order valence-electron chi connectivity index (χ1n) is 4.95. The Bertz CT molecular complexity index is 347. The molecule has 17 heavy (non-hydrogen) atoms. The van der Waals surface area contributed by atoms with Crippen LogP contribution in [0.4, 0.5) is 5.82 Å². The van der Waals surface area contributed by atoms with Crippen LogP contribution in [0.2, 0.25) is 0 Å². The summed E-state index contributed by atoms with van der Waals surface area (Å²) in [5.74, 6) is 0.722. The first-order chi connectivity index (χ1) is 7.65. The number of nitrogens with zero attached hydrogens (tertiary/aromatic N) is 2. The lowest BCUT2D eigenvalue weighted by Crippen LogP contribution is -2.15. The zero-order valence-electron chi connectivity index (χ0n) is 9.25. The molecule has 5 nitrogen and oxygen atoms in total. The number of rotatable bonds is 6. The van der Waals surface area contributed by atoms with Crippen molar-refractivity contribution in [2.45, 2.75) is 32.6 Å². The summed E-state index contributed by atoms with van der Waals surface area (Å²) >= 11 is 4.34. The summed E-state index contributed by atoms with van der Waals surface area (Å²) in [6, 6.07) is 0.265. The standard InChI is InChI=1S/C10H15N3O2S.CH4/c1-7(2)13-10-8(3-11-5-12-10)9(16)4-15-6-14;/h3,5-7,9,16H,4H2,1-2H3,(H,11,12,13);1H4. The van der Waals surface area contributed by atoms with Crippen LogP contribution < -0.4 is 5.32 Å². The number of ether oxygens (including phenoxy) is 1. The zero-order chi connectivity index (χ0) is 12.0. The lowest BCUT2D eigenvalue weighted by Gasteiger charge is -2.16. The molecule has 0 fully saturated rings. The van der Waals surface area contributed by atoms with Crippen molar-refractivity contribution in [1.29, 1.82) is 0 Å². The van der Waals surface area contributed by atoms with Crippen molar-refractivity contribution in [2.75, 3.05) is 11.9 Å². The van der Waals surface area contributed by atoms with Gasteiger partial charge in [-0.05, 0) is 13.8 Å². The van der Waals surface area contributed by atoms with Gasteiger partial charge in [-0.25, -0.2) is 9.97 Å². The van der Waals surface area contributed by atoms with Crippen LogP contribution in [-0.4, -0.2) is 29.1 Å². The van der Waals surface area contributed by atoms with E-state index in [0.717, 1.165) is 11.4 Å². The second-order valence-corrected chi connectivity index (χ2v) is 4.19. The van der Waals surface area contributed by atoms with Crippen LogP contribution in [0.15, 0.2) is 12.5 Å². The van der Waals surface area contributed by atoms with Gasteiger partial charge in [0.05, 0.1) is 5.25 Å². The molecule has 1 heterocycles. The van der Waals surface area contributed by atoms with Crippen molar-refractivity contribution in [3.05, 3.63) is 18.1 Å². The second-order valence-electron chi connectivity index (χ2n) is 3.57. The molecule has 1 unspecified atom stereocenters. The van der Waals surface area contributed by atoms with Crippen molar-refractivity contribution >= 4 is 24.9 Å². The van der Waals surface area contributed by atoms with Crippen molar-refractivity contribution in [1.82, 2.24) is 9.97 Å². The number of nitrogens with one attached hydrogen (secondary N) is 1. The van der Waals surface area contributed by atoms with E-state index in [1.165, 1.54) is 6.33 Å². The highest BCUT2D eigenvalue weighted by Gasteiger charge is 2.13. The van der Waals surface area contributed by atoms with Gasteiger partial charge in [0.15, 0.2) is 0 Å². The first-order valence-corrected chi connectivity index (χ1v) is 5.46. The Morgan fingerprint density at radius 3 is 2.88 bits per heavy atom. The molecule has 96 valence electrons. The van der Waals surface area contributed by atoms with Crippen LogP contribution in [0, 0.1) is 0 Å². The predicted octanol–water partition coefficient (Wildman–Crippen LogP) is 2.08. The molecule has 1 aromatic rings. The number of hydrogen-bond acceptors (Lipinski definition) is 6. The fourth-order valence-electron chi connectivity index (χ4n) is 1.20. The number of carbonyl (C=O) groups is 1. The van der Waals surface area contributed by atoms with Crippen LogP contribution in [0.1, 0.15) is 32.1 Å². The van der Waals surface area contributed by atoms with Gasteiger partial charge in [0.25, 0.3) is 6.47 Å². The third-order valence-electron chi connectivity index (χ3n) is 1.85. The fourth-order valence-corrected chi connectivity index (χ4v) is 1.47. The molecule has 0 saturated carbocycles. The molecule has 0 saturated heterocycles. The summed E-state index contributed by atoms with van der Waals surface area (Å²) in [6.45, 7) is 4.64. The van der Waals surface area contributed by atoms with E-state index in [1.54, 1.807) is 6.20 Å². The Kier molecular flexibility index (Phi) is 7.29. The monoisotopic (exact) mass is 257 g/mol. The highest BCUT2D eigenvalue weighted by Crippen LogP contribution is 2.25. The molecule has 0 aliphatic rings. The summed E-state index contributed by atoms with van der Waals surface area (Å²) in [4.78, 5) is 18.2. The van der Waals surface area contributed by atoms with Gasteiger partial charge < -0.3 is 10.1 Å². The molecule has 0 amide bonds. The van der Waals surface area contributed by atoms with Gasteiger partial charge in [0.2, 0.25) is 0 Å². The van der Waals surface area contributed by atoms with Crippen LogP contribution >= 0.6 is 12.6 Å². The average Bonchev–Trinajstić information content (AvgIpc) is 2.26. The van der Waals surface area contributed by atoms with E-state index < -0.39 is 0 Å². The van der Waals surface area contributed by atoms with Crippen LogP contribution in [0.5, 0.6) is 0 Å². The lowest BCUT2D eigenvalue weighted by molar-refractivity contribution is -0.128. The SMILES string of the molecule is C.CC(C)Nc1ncncc1C(S)COC=O. The maximum absolute atomic E-state index is 10.1. The van der Waals surface area contributed by atoms with Crippen molar-refractivity contribution in [3.8, 4) is 0 Å². The normalized spacial score (nSPS) is 11.5. The molecule has 0 bridgehead atoms. The van der Waals surface area contributed by atoms with E-state index in [4.69, 9.17) is 0 Å². The third-order valence-corrected chi connectivity index (χ3v) is 2.27. The topological polar surface area (TPSA) is 64.1 Å². The molecule has 0 aliphatic heterocycles. The number of aromatic nitrogens is 2. The van der Waals surface area contributed by atoms with Crippen molar-refractivity contribution in [3.63, 3.8) is 0 Å². The van der Waals surface area contributed by atoms with Gasteiger partial charge in [-0.1, -0.05) is 7.43 Å². The van der Waals surface area contributed by atoms with Crippen molar-refractivity contribution in [2.24, 2.45) is 0 Å². The third kappa shape index (κ3) is 5.04. The molecule has 6 heteroatoms. The van der Waals surface area contributed by atoms with Gasteiger partial charge in [-0.15, -0.1) is 0 Å². The molecule has 1 atom stereocenters. The molecule has 0 spiro atoms. The quantitative estimate of drug-likeness (QED) is 0.603. The molecular weight excluding hydrogens is 238 g/mol. The van der Waals surface area contributed by atoms with E-state index in [-0.39, 0.29) is 25.3 Å². The van der Waals surface area contributed by atoms with Gasteiger partial charge in [0.1, 0.15) is 18.8 Å². The van der Waals surface area contributed by atoms with E-state index in [0.29, 0.717) is 6.47 Å². The maximum atomic E-state index is 10.1. The van der Waals surface area contributed by atoms with E-state index in [9.17, 15) is 4.79 Å². The molecular formula is C11H19N3O2S. The fraction of sp³-hybridized carbons (Fsp3) is 0.545. The molecule has 0 aliphatic carbocycles. The Labute approximate surface area is 107 Å². The van der Waals surface area contributed by atoms with Gasteiger partial charge in [-0.3, -0.25) is 4.79 Å². The predicted molar refractivity (Wildman–Crippen MR) is 71.3 cm³/mol. The summed E-state index contributed by atoms with van der Waals surface area (Å²) < 4.78 is 4.67. The summed E-state index contributed by atoms with van der Waals surface area (Å²) in [5, 5.41) is 2.96. The summed E-state index contributed by atoms with van der Waals surface area (Å²) in [6.07, 6.45) is 3.14. The number of carbonyl (C=O) groups excluding carboxylic acids is 1. The molecule has 0 radical (unpaired) electrons. The Balaban J connectivity index is 0.00000256. The maximum Gasteiger partial charge on any atom is 0.293 e. The van der Waals surface area contributed by atoms with Crippen LogP contribution in [-0.2, 0) is 9.53 Å². The number of hydrogen-bond donors (Lipinski definition) is 2. The van der Waals surface area contributed by atoms with Crippen LogP contribution in [0.25, 0.3) is 0 Å². The van der Waals surface area contributed by atoms with Gasteiger partial charge >= 0.3 is 0 Å². The zero-order valence-corrected chi connectivity index (χ0v) is 10.1. The van der Waals surface area contributed by atoms with Gasteiger partial charge in [0, 0.05) is 17.8 Å². The minimum absolute atomic E-state index is 0. The summed E-state index contributed by atoms with van der Waals surface area (Å²) in [7, 11) is 0. The van der Waals surface area contributed by atoms with Gasteiger partial charge in [-0.2, -0.15) is 12.6 Å². The van der Waals surface area contributed by atoms with E-state index in [1.807, 2.05) is 13.8 Å². The van der Waals surface area contributed by atoms with E-state index >= 15 is 0 Å². The van der Waals surface area contributed by atoms with Crippen molar-refractivity contribution < 1.29 is 9.53 Å². The Morgan fingerprint density at radius 2 is 2.29 bits per heavy atom.